The molecule has 21 heteroatoms. The van der Waals surface area contributed by atoms with E-state index in [1.54, 1.807) is 0 Å². The van der Waals surface area contributed by atoms with Crippen LogP contribution in [0, 0.1) is 0 Å². The number of nitrogens with zero attached hydrogens (tertiary/aromatic N) is 6. The number of thiazole rings is 1. The molecular formula is C19H26N10O9S2. The van der Waals surface area contributed by atoms with Crippen LogP contribution in [0.25, 0.3) is 0 Å². The number of carboxylic acids is 1. The topological polar surface area (TPSA) is 291 Å². The summed E-state index contributed by atoms with van der Waals surface area (Å²) in [5.41, 5.74) is 9.23. The molecule has 0 aromatic carbocycles. The first-order valence-corrected chi connectivity index (χ1v) is 13.9. The van der Waals surface area contributed by atoms with Gasteiger partial charge in [-0.1, -0.05) is 5.16 Å². The number of amides is 2. The quantitative estimate of drug-likeness (QED) is 0.0473. The Morgan fingerprint density at radius 3 is 2.67 bits per heavy atom. The van der Waals surface area contributed by atoms with E-state index < -0.39 is 57.6 Å². The minimum atomic E-state index is -5.01. The molecule has 40 heavy (non-hydrogen) atoms. The Morgan fingerprint density at radius 2 is 2.10 bits per heavy atom. The van der Waals surface area contributed by atoms with Crippen molar-refractivity contribution >= 4 is 50.3 Å². The van der Waals surface area contributed by atoms with Crippen molar-refractivity contribution in [3.63, 3.8) is 0 Å². The smallest absolute Gasteiger partial charge is 0.362 e. The van der Waals surface area contributed by atoms with Gasteiger partial charge in [0.15, 0.2) is 10.8 Å². The molecule has 4 rings (SSSR count). The Kier molecular flexibility index (Phi) is 8.32. The van der Waals surface area contributed by atoms with Gasteiger partial charge in [-0.15, -0.1) is 11.3 Å². The summed E-state index contributed by atoms with van der Waals surface area (Å²) in [4.78, 5) is 47.4. The number of carboxylic acid groups (broad SMARTS) is 1. The van der Waals surface area contributed by atoms with Crippen LogP contribution in [0.5, 0.6) is 0 Å². The van der Waals surface area contributed by atoms with E-state index in [0.717, 1.165) is 16.1 Å². The lowest BCUT2D eigenvalue weighted by Gasteiger charge is -2.43. The molecule has 2 amide bonds. The van der Waals surface area contributed by atoms with Crippen molar-refractivity contribution in [2.75, 3.05) is 18.8 Å². The normalized spacial score (nSPS) is 21.0. The van der Waals surface area contributed by atoms with Gasteiger partial charge in [-0.25, -0.2) is 14.1 Å². The summed E-state index contributed by atoms with van der Waals surface area (Å²) < 4.78 is 33.5. The van der Waals surface area contributed by atoms with Gasteiger partial charge in [-0.2, -0.15) is 23.4 Å². The molecule has 218 valence electrons. The first-order chi connectivity index (χ1) is 18.8. The molecule has 2 aromatic rings. The highest BCUT2D eigenvalue weighted by molar-refractivity contribution is 7.84. The number of anilines is 1. The van der Waals surface area contributed by atoms with Gasteiger partial charge in [0.2, 0.25) is 5.60 Å². The Labute approximate surface area is 230 Å². The van der Waals surface area contributed by atoms with Gasteiger partial charge in [0, 0.05) is 37.9 Å². The van der Waals surface area contributed by atoms with Crippen molar-refractivity contribution in [2.45, 2.75) is 49.7 Å². The van der Waals surface area contributed by atoms with Crippen LogP contribution in [0.3, 0.4) is 0 Å². The van der Waals surface area contributed by atoms with Gasteiger partial charge in [0.1, 0.15) is 17.8 Å². The van der Waals surface area contributed by atoms with Crippen molar-refractivity contribution in [3.05, 3.63) is 23.0 Å². The lowest BCUT2D eigenvalue weighted by atomic mass is 9.98. The predicted octanol–water partition coefficient (Wildman–Crippen LogP) is -3.74. The monoisotopic (exact) mass is 602 g/mol. The standard InChI is InChI=1S/C19H26N10O9S2/c20-3-10(30)6-22-4-9-5-23-28(26-9)7-12-14(16(32)29(12)40(35,36)37)25-15(31)13(11-8-39-18(21)24-11)27-38-19(1-2-19)17(33)34/h5,8,10,12,14,22,30H,1-4,6-7,20H2,(H2,21,24)(H,25,31)(H,33,34)(H,35,36,37). The minimum absolute atomic E-state index is 0.0583. The molecular weight excluding hydrogens is 576 g/mol. The fraction of sp³-hybridized carbons (Fsp3) is 0.526. The third-order valence-corrected chi connectivity index (χ3v) is 7.60. The number of aliphatic hydroxyl groups is 1. The second kappa shape index (κ2) is 11.4. The van der Waals surface area contributed by atoms with Gasteiger partial charge in [0.05, 0.1) is 24.5 Å². The van der Waals surface area contributed by atoms with Crippen molar-refractivity contribution in [3.8, 4) is 0 Å². The van der Waals surface area contributed by atoms with Crippen molar-refractivity contribution in [2.24, 2.45) is 10.9 Å². The molecule has 1 saturated carbocycles. The minimum Gasteiger partial charge on any atom is -0.478 e. The lowest BCUT2D eigenvalue weighted by molar-refractivity contribution is -0.153. The number of aliphatic hydroxyl groups excluding tert-OH is 1. The summed E-state index contributed by atoms with van der Waals surface area (Å²) in [5.74, 6) is -3.46. The van der Waals surface area contributed by atoms with Gasteiger partial charge in [0.25, 0.3) is 11.8 Å². The van der Waals surface area contributed by atoms with E-state index in [9.17, 15) is 37.6 Å². The van der Waals surface area contributed by atoms with Crippen molar-refractivity contribution in [1.82, 2.24) is 34.9 Å². The maximum atomic E-state index is 13.2. The number of nitrogens with two attached hydrogens (primary N) is 2. The van der Waals surface area contributed by atoms with E-state index in [1.165, 1.54) is 11.6 Å². The van der Waals surface area contributed by atoms with Gasteiger partial charge in [-0.05, 0) is 0 Å². The van der Waals surface area contributed by atoms with Crippen LogP contribution >= 0.6 is 11.3 Å². The number of aromatic nitrogens is 4. The van der Waals surface area contributed by atoms with E-state index in [-0.39, 0.29) is 54.2 Å². The van der Waals surface area contributed by atoms with Gasteiger partial charge < -0.3 is 37.2 Å². The summed E-state index contributed by atoms with van der Waals surface area (Å²) in [6.45, 7) is 0.0909. The number of carbonyl (C=O) groups excluding carboxylic acids is 2. The molecule has 3 unspecified atom stereocenters. The lowest BCUT2D eigenvalue weighted by Crippen LogP contribution is -2.73. The second-order valence-corrected chi connectivity index (χ2v) is 11.1. The van der Waals surface area contributed by atoms with Crippen LogP contribution in [-0.2, 0) is 42.6 Å². The number of nitrogens with one attached hydrogen (secondary N) is 2. The van der Waals surface area contributed by atoms with E-state index in [4.69, 9.17) is 16.3 Å². The first kappa shape index (κ1) is 29.2. The summed E-state index contributed by atoms with van der Waals surface area (Å²) in [5, 5.41) is 37.4. The zero-order valence-electron chi connectivity index (χ0n) is 20.6. The molecule has 1 aliphatic heterocycles. The molecule has 9 N–H and O–H groups in total. The molecule has 3 atom stereocenters. The molecule has 2 aliphatic rings. The highest BCUT2D eigenvalue weighted by Gasteiger charge is 2.56. The van der Waals surface area contributed by atoms with Crippen LogP contribution < -0.4 is 22.1 Å². The SMILES string of the molecule is NCC(O)CNCc1cnn(CC2C(NC(=O)C(=NOC3(C(=O)O)CC3)c3csc(N)n3)C(=O)N2S(=O)(=O)O)n1. The maximum absolute atomic E-state index is 13.2. The maximum Gasteiger partial charge on any atom is 0.362 e. The predicted molar refractivity (Wildman–Crippen MR) is 135 cm³/mol. The highest BCUT2D eigenvalue weighted by Crippen LogP contribution is 2.40. The fourth-order valence-corrected chi connectivity index (χ4v) is 5.08. The molecule has 0 spiro atoms. The van der Waals surface area contributed by atoms with Crippen LogP contribution in [-0.4, -0.2) is 108 Å². The number of aliphatic carboxylic acids is 1. The number of carbonyl (C=O) groups is 3. The third kappa shape index (κ3) is 6.34. The van der Waals surface area contributed by atoms with Crippen LogP contribution in [0.15, 0.2) is 16.7 Å². The number of hydrogen-bond donors (Lipinski definition) is 7. The molecule has 0 bridgehead atoms. The van der Waals surface area contributed by atoms with E-state index in [1.807, 2.05) is 0 Å². The van der Waals surface area contributed by atoms with E-state index in [0.29, 0.717) is 5.69 Å². The number of hydrogen-bond acceptors (Lipinski definition) is 15. The Bertz CT molecular complexity index is 1420. The summed E-state index contributed by atoms with van der Waals surface area (Å²) in [6.07, 6.45) is 0.920. The Morgan fingerprint density at radius 1 is 1.38 bits per heavy atom. The fourth-order valence-electron chi connectivity index (χ4n) is 3.66. The summed E-state index contributed by atoms with van der Waals surface area (Å²) in [6, 6.07) is -2.81. The zero-order chi connectivity index (χ0) is 29.2. The van der Waals surface area contributed by atoms with Gasteiger partial charge >= 0.3 is 16.3 Å². The zero-order valence-corrected chi connectivity index (χ0v) is 22.2. The number of β-lactam (4-membered cyclic amide) rings is 1. The van der Waals surface area contributed by atoms with Gasteiger partial charge in [-0.3, -0.25) is 14.1 Å². The molecule has 3 heterocycles. The van der Waals surface area contributed by atoms with Crippen LogP contribution in [0.4, 0.5) is 5.13 Å². The average molecular weight is 603 g/mol. The summed E-state index contributed by atoms with van der Waals surface area (Å²) in [7, 11) is -5.01. The summed E-state index contributed by atoms with van der Waals surface area (Å²) >= 11 is 0.963. The Balaban J connectivity index is 1.51. The van der Waals surface area contributed by atoms with Crippen LogP contribution in [0.1, 0.15) is 24.2 Å². The molecule has 2 fully saturated rings. The number of rotatable bonds is 14. The molecule has 1 aliphatic carbocycles. The van der Waals surface area contributed by atoms with Crippen LogP contribution in [0.2, 0.25) is 0 Å². The average Bonchev–Trinajstić information content (AvgIpc) is 3.36. The molecule has 0 radical (unpaired) electrons. The van der Waals surface area contributed by atoms with E-state index in [2.05, 4.69) is 31.0 Å². The second-order valence-electron chi connectivity index (χ2n) is 8.94. The molecule has 2 aromatic heterocycles. The molecule has 1 saturated heterocycles. The van der Waals surface area contributed by atoms with Crippen molar-refractivity contribution < 1.29 is 42.4 Å². The molecule has 19 nitrogen and oxygen atoms in total. The number of nitrogen functional groups attached to an aromatic ring is 1. The first-order valence-electron chi connectivity index (χ1n) is 11.6. The van der Waals surface area contributed by atoms with Crippen molar-refractivity contribution in [1.29, 1.82) is 0 Å². The third-order valence-electron chi connectivity index (χ3n) is 5.98. The largest absolute Gasteiger partial charge is 0.478 e. The number of oxime groups is 1. The van der Waals surface area contributed by atoms with E-state index >= 15 is 0 Å². The Hall–Kier alpha value is -3.76. The highest BCUT2D eigenvalue weighted by atomic mass is 32.2.